The first-order valence-corrected chi connectivity index (χ1v) is 5.92. The number of amides is 1. The molecule has 0 saturated carbocycles. The summed E-state index contributed by atoms with van der Waals surface area (Å²) in [5.41, 5.74) is 5.47. The Morgan fingerprint density at radius 1 is 1.47 bits per heavy atom. The summed E-state index contributed by atoms with van der Waals surface area (Å²) in [6, 6.07) is 4.73. The maximum atomic E-state index is 11.1. The Balaban J connectivity index is 2.98. The van der Waals surface area contributed by atoms with Crippen LogP contribution in [0.3, 0.4) is 0 Å². The van der Waals surface area contributed by atoms with Crippen molar-refractivity contribution in [2.75, 3.05) is 12.4 Å². The minimum Gasteiger partial charge on any atom is -0.549 e. The lowest BCUT2D eigenvalue weighted by Crippen LogP contribution is -2.24. The molecule has 0 unspecified atom stereocenters. The molecule has 6 heteroatoms. The summed E-state index contributed by atoms with van der Waals surface area (Å²) in [6.07, 6.45) is 0. The minimum atomic E-state index is -1.20. The molecule has 0 saturated heterocycles. The minimum absolute atomic E-state index is 0.240. The summed E-state index contributed by atoms with van der Waals surface area (Å²) in [5, 5.41) is 10.4. The highest BCUT2D eigenvalue weighted by molar-refractivity contribution is 8.00. The van der Waals surface area contributed by atoms with Gasteiger partial charge in [-0.25, -0.2) is 0 Å². The van der Waals surface area contributed by atoms with Gasteiger partial charge in [-0.05, 0) is 25.1 Å². The van der Waals surface area contributed by atoms with Gasteiger partial charge in [-0.3, -0.25) is 4.79 Å². The fourth-order valence-corrected chi connectivity index (χ4v) is 2.02. The number of carboxylic acids is 1. The van der Waals surface area contributed by atoms with Gasteiger partial charge in [0.15, 0.2) is 0 Å². The van der Waals surface area contributed by atoms with Crippen LogP contribution in [0.2, 0.25) is 0 Å². The number of hydrogen-bond acceptors (Lipinski definition) is 5. The van der Waals surface area contributed by atoms with E-state index in [4.69, 9.17) is 10.5 Å². The Kier molecular flexibility index (Phi) is 4.84. The Labute approximate surface area is 103 Å². The van der Waals surface area contributed by atoms with Crippen LogP contribution in [0, 0.1) is 0 Å². The molecular formula is C11H12NO4S-. The molecular weight excluding hydrogens is 242 g/mol. The predicted octanol–water partition coefficient (Wildman–Crippen LogP) is 0.0262. The Bertz CT molecular complexity index is 433. The number of carbonyl (C=O) groups is 2. The Morgan fingerprint density at radius 3 is 2.71 bits per heavy atom. The molecule has 0 aliphatic heterocycles. The summed E-state index contributed by atoms with van der Waals surface area (Å²) in [7, 11) is 0. The SMILES string of the molecule is CCOc1ccc(C(N)=O)c(SCC(=O)[O-])c1. The fraction of sp³-hybridized carbons (Fsp3) is 0.273. The molecule has 5 nitrogen and oxygen atoms in total. The molecule has 0 fully saturated rings. The molecule has 2 N–H and O–H groups in total. The second-order valence-corrected chi connectivity index (χ2v) is 4.13. The third-order valence-electron chi connectivity index (χ3n) is 1.88. The van der Waals surface area contributed by atoms with Crippen molar-refractivity contribution in [3.63, 3.8) is 0 Å². The van der Waals surface area contributed by atoms with Crippen LogP contribution in [0.1, 0.15) is 17.3 Å². The van der Waals surface area contributed by atoms with Crippen molar-refractivity contribution in [1.82, 2.24) is 0 Å². The van der Waals surface area contributed by atoms with Crippen molar-refractivity contribution < 1.29 is 19.4 Å². The van der Waals surface area contributed by atoms with E-state index in [2.05, 4.69) is 0 Å². The molecule has 0 aromatic heterocycles. The van der Waals surface area contributed by atoms with Crippen molar-refractivity contribution >= 4 is 23.6 Å². The van der Waals surface area contributed by atoms with E-state index in [0.29, 0.717) is 17.3 Å². The number of carbonyl (C=O) groups excluding carboxylic acids is 2. The van der Waals surface area contributed by atoms with Crippen LogP contribution in [0.15, 0.2) is 23.1 Å². The number of thioether (sulfide) groups is 1. The molecule has 1 amide bonds. The number of aliphatic carboxylic acids is 1. The molecule has 0 aliphatic rings. The predicted molar refractivity (Wildman–Crippen MR) is 61.9 cm³/mol. The molecule has 0 bridgehead atoms. The van der Waals surface area contributed by atoms with E-state index in [1.165, 1.54) is 6.07 Å². The third-order valence-corrected chi connectivity index (χ3v) is 2.90. The highest BCUT2D eigenvalue weighted by Crippen LogP contribution is 2.27. The zero-order chi connectivity index (χ0) is 12.8. The number of hydrogen-bond donors (Lipinski definition) is 1. The van der Waals surface area contributed by atoms with E-state index < -0.39 is 11.9 Å². The van der Waals surface area contributed by atoms with Gasteiger partial charge in [0, 0.05) is 10.6 Å². The van der Waals surface area contributed by atoms with Crippen LogP contribution in [0.25, 0.3) is 0 Å². The number of nitrogens with two attached hydrogens (primary N) is 1. The first-order chi connectivity index (χ1) is 8.04. The fourth-order valence-electron chi connectivity index (χ4n) is 1.22. The highest BCUT2D eigenvalue weighted by atomic mass is 32.2. The van der Waals surface area contributed by atoms with Crippen LogP contribution in [0.4, 0.5) is 0 Å². The van der Waals surface area contributed by atoms with Gasteiger partial charge in [0.25, 0.3) is 0 Å². The summed E-state index contributed by atoms with van der Waals surface area (Å²) in [6.45, 7) is 2.32. The molecule has 1 aromatic rings. The molecule has 1 rings (SSSR count). The maximum Gasteiger partial charge on any atom is 0.249 e. The van der Waals surface area contributed by atoms with Crippen LogP contribution in [0.5, 0.6) is 5.75 Å². The van der Waals surface area contributed by atoms with E-state index in [0.717, 1.165) is 11.8 Å². The standard InChI is InChI=1S/C11H13NO4S/c1-2-16-7-3-4-8(11(12)15)9(5-7)17-6-10(13)14/h3-5H,2,6H2,1H3,(H2,12,15)(H,13,14)/p-1. The summed E-state index contributed by atoms with van der Waals surface area (Å²) >= 11 is 0.981. The maximum absolute atomic E-state index is 11.1. The van der Waals surface area contributed by atoms with Gasteiger partial charge in [-0.15, -0.1) is 11.8 Å². The topological polar surface area (TPSA) is 92.5 Å². The van der Waals surface area contributed by atoms with Gasteiger partial charge >= 0.3 is 0 Å². The lowest BCUT2D eigenvalue weighted by atomic mass is 10.2. The average Bonchev–Trinajstić information content (AvgIpc) is 2.26. The molecule has 0 aliphatic carbocycles. The number of benzene rings is 1. The second kappa shape index (κ2) is 6.15. The monoisotopic (exact) mass is 254 g/mol. The molecule has 0 heterocycles. The first kappa shape index (κ1) is 13.4. The molecule has 0 radical (unpaired) electrons. The van der Waals surface area contributed by atoms with Crippen LogP contribution >= 0.6 is 11.8 Å². The first-order valence-electron chi connectivity index (χ1n) is 4.94. The molecule has 17 heavy (non-hydrogen) atoms. The number of primary amides is 1. The second-order valence-electron chi connectivity index (χ2n) is 3.12. The van der Waals surface area contributed by atoms with Crippen LogP contribution < -0.4 is 15.6 Å². The largest absolute Gasteiger partial charge is 0.549 e. The molecule has 1 aromatic carbocycles. The van der Waals surface area contributed by atoms with Gasteiger partial charge in [0.2, 0.25) is 5.91 Å². The number of carboxylic acid groups (broad SMARTS) is 1. The van der Waals surface area contributed by atoms with E-state index in [1.54, 1.807) is 12.1 Å². The van der Waals surface area contributed by atoms with Crippen molar-refractivity contribution in [1.29, 1.82) is 0 Å². The van der Waals surface area contributed by atoms with E-state index >= 15 is 0 Å². The molecule has 92 valence electrons. The summed E-state index contributed by atoms with van der Waals surface area (Å²) in [5.74, 6) is -1.48. The van der Waals surface area contributed by atoms with Gasteiger partial charge in [0.05, 0.1) is 18.1 Å². The highest BCUT2D eigenvalue weighted by Gasteiger charge is 2.10. The smallest absolute Gasteiger partial charge is 0.249 e. The summed E-state index contributed by atoms with van der Waals surface area (Å²) in [4.78, 5) is 22.0. The third kappa shape index (κ3) is 3.99. The van der Waals surface area contributed by atoms with Gasteiger partial charge < -0.3 is 20.4 Å². The Morgan fingerprint density at radius 2 is 2.18 bits per heavy atom. The van der Waals surface area contributed by atoms with Gasteiger partial charge in [-0.2, -0.15) is 0 Å². The van der Waals surface area contributed by atoms with Gasteiger partial charge in [-0.1, -0.05) is 0 Å². The van der Waals surface area contributed by atoms with Gasteiger partial charge in [0.1, 0.15) is 5.75 Å². The number of ether oxygens (including phenoxy) is 1. The lowest BCUT2D eigenvalue weighted by molar-refractivity contribution is -0.301. The van der Waals surface area contributed by atoms with E-state index in [-0.39, 0.29) is 11.3 Å². The summed E-state index contributed by atoms with van der Waals surface area (Å²) < 4.78 is 5.26. The normalized spacial score (nSPS) is 9.94. The molecule has 0 atom stereocenters. The number of rotatable bonds is 6. The van der Waals surface area contributed by atoms with Crippen LogP contribution in [-0.4, -0.2) is 24.2 Å². The molecule has 0 spiro atoms. The Hall–Kier alpha value is -1.69. The van der Waals surface area contributed by atoms with Crippen LogP contribution in [-0.2, 0) is 4.79 Å². The van der Waals surface area contributed by atoms with Crippen molar-refractivity contribution in [3.05, 3.63) is 23.8 Å². The zero-order valence-electron chi connectivity index (χ0n) is 9.26. The lowest BCUT2D eigenvalue weighted by Gasteiger charge is -2.10. The van der Waals surface area contributed by atoms with Crippen molar-refractivity contribution in [3.8, 4) is 5.75 Å². The quantitative estimate of drug-likeness (QED) is 0.723. The zero-order valence-corrected chi connectivity index (χ0v) is 10.1. The average molecular weight is 254 g/mol. The van der Waals surface area contributed by atoms with E-state index in [9.17, 15) is 14.7 Å². The van der Waals surface area contributed by atoms with Crippen molar-refractivity contribution in [2.24, 2.45) is 5.73 Å². The van der Waals surface area contributed by atoms with Crippen molar-refractivity contribution in [2.45, 2.75) is 11.8 Å². The van der Waals surface area contributed by atoms with E-state index in [1.807, 2.05) is 6.92 Å².